The Morgan fingerprint density at radius 3 is 2.93 bits per heavy atom. The Labute approximate surface area is 98.4 Å². The molecule has 1 heterocycles. The first kappa shape index (κ1) is 10.7. The zero-order valence-corrected chi connectivity index (χ0v) is 10.6. The van der Waals surface area contributed by atoms with Gasteiger partial charge in [0.1, 0.15) is 0 Å². The van der Waals surface area contributed by atoms with Crippen LogP contribution in [0.25, 0.3) is 10.9 Å². The minimum atomic E-state index is 1.01. The molecule has 0 spiro atoms. The highest BCUT2D eigenvalue weighted by Gasteiger charge is 2.08. The highest BCUT2D eigenvalue weighted by Crippen LogP contribution is 2.28. The molecule has 0 aliphatic rings. The monoisotopic (exact) mass is 266 g/mol. The summed E-state index contributed by atoms with van der Waals surface area (Å²) in [6.45, 7) is 1.01. The fourth-order valence-electron chi connectivity index (χ4n) is 1.94. The molecule has 0 amide bonds. The quantitative estimate of drug-likeness (QED) is 0.904. The van der Waals surface area contributed by atoms with E-state index in [0.717, 1.165) is 13.0 Å². The van der Waals surface area contributed by atoms with Gasteiger partial charge < -0.3 is 9.88 Å². The average Bonchev–Trinajstić information content (AvgIpc) is 2.55. The Kier molecular flexibility index (Phi) is 3.12. The number of aryl methyl sites for hydroxylation is 1. The van der Waals surface area contributed by atoms with Gasteiger partial charge in [-0.15, -0.1) is 0 Å². The maximum absolute atomic E-state index is 3.62. The molecule has 2 aromatic rings. The zero-order valence-electron chi connectivity index (χ0n) is 9.05. The van der Waals surface area contributed by atoms with Gasteiger partial charge in [-0.05, 0) is 37.7 Å². The Morgan fingerprint density at radius 2 is 2.20 bits per heavy atom. The number of fused-ring (bicyclic) bond motifs is 1. The molecule has 1 aromatic carbocycles. The Hall–Kier alpha value is -0.800. The summed E-state index contributed by atoms with van der Waals surface area (Å²) in [7, 11) is 4.08. The van der Waals surface area contributed by atoms with Gasteiger partial charge in [-0.25, -0.2) is 0 Å². The number of nitrogens with zero attached hydrogens (tertiary/aromatic N) is 1. The van der Waals surface area contributed by atoms with E-state index in [9.17, 15) is 0 Å². The maximum Gasteiger partial charge on any atom is 0.0491 e. The van der Waals surface area contributed by atoms with Gasteiger partial charge in [0.05, 0.1) is 0 Å². The predicted octanol–water partition coefficient (Wildman–Crippen LogP) is 2.70. The lowest BCUT2D eigenvalue weighted by atomic mass is 10.1. The predicted molar refractivity (Wildman–Crippen MR) is 68.2 cm³/mol. The number of benzene rings is 1. The standard InChI is InChI=1S/C12H15BrN2/c1-14-7-6-9-8-15(2)11-5-3-4-10(13)12(9)11/h3-5,8,14H,6-7H2,1-2H3. The summed E-state index contributed by atoms with van der Waals surface area (Å²) in [5.74, 6) is 0. The molecule has 2 rings (SSSR count). The van der Waals surface area contributed by atoms with Gasteiger partial charge in [-0.3, -0.25) is 0 Å². The van der Waals surface area contributed by atoms with E-state index in [1.807, 2.05) is 7.05 Å². The van der Waals surface area contributed by atoms with E-state index in [-0.39, 0.29) is 0 Å². The molecule has 0 fully saturated rings. The second kappa shape index (κ2) is 4.37. The SMILES string of the molecule is CNCCc1cn(C)c2cccc(Br)c12. The van der Waals surface area contributed by atoms with Crippen molar-refractivity contribution < 1.29 is 0 Å². The molecule has 0 unspecified atom stereocenters. The molecule has 0 radical (unpaired) electrons. The number of aromatic nitrogens is 1. The number of hydrogen-bond acceptors (Lipinski definition) is 1. The third kappa shape index (κ3) is 1.94. The maximum atomic E-state index is 3.62. The van der Waals surface area contributed by atoms with Crippen molar-refractivity contribution in [3.8, 4) is 0 Å². The van der Waals surface area contributed by atoms with Gasteiger partial charge in [0.2, 0.25) is 0 Å². The average molecular weight is 267 g/mol. The van der Waals surface area contributed by atoms with Crippen molar-refractivity contribution in [2.24, 2.45) is 7.05 Å². The molecule has 15 heavy (non-hydrogen) atoms. The largest absolute Gasteiger partial charge is 0.350 e. The molecule has 80 valence electrons. The van der Waals surface area contributed by atoms with E-state index in [1.54, 1.807) is 0 Å². The van der Waals surface area contributed by atoms with E-state index >= 15 is 0 Å². The Morgan fingerprint density at radius 1 is 1.40 bits per heavy atom. The van der Waals surface area contributed by atoms with Crippen LogP contribution >= 0.6 is 15.9 Å². The second-order valence-electron chi connectivity index (χ2n) is 3.75. The van der Waals surface area contributed by atoms with Crippen molar-refractivity contribution in [1.29, 1.82) is 0 Å². The van der Waals surface area contributed by atoms with Crippen molar-refractivity contribution in [2.75, 3.05) is 13.6 Å². The molecule has 1 aromatic heterocycles. The summed E-state index contributed by atoms with van der Waals surface area (Å²) < 4.78 is 3.37. The third-order valence-electron chi connectivity index (χ3n) is 2.69. The fraction of sp³-hybridized carbons (Fsp3) is 0.333. The molecule has 0 bridgehead atoms. The first-order valence-corrected chi connectivity index (χ1v) is 5.90. The molecule has 0 aliphatic carbocycles. The van der Waals surface area contributed by atoms with Crippen LogP contribution in [0.3, 0.4) is 0 Å². The van der Waals surface area contributed by atoms with Crippen molar-refractivity contribution in [2.45, 2.75) is 6.42 Å². The molecule has 3 heteroatoms. The van der Waals surface area contributed by atoms with Gasteiger partial charge in [-0.2, -0.15) is 0 Å². The summed E-state index contributed by atoms with van der Waals surface area (Å²) in [4.78, 5) is 0. The van der Waals surface area contributed by atoms with Gasteiger partial charge in [0, 0.05) is 28.6 Å². The van der Waals surface area contributed by atoms with Gasteiger partial charge >= 0.3 is 0 Å². The number of rotatable bonds is 3. The summed E-state index contributed by atoms with van der Waals surface area (Å²) in [5.41, 5.74) is 2.69. The highest BCUT2D eigenvalue weighted by atomic mass is 79.9. The number of hydrogen-bond donors (Lipinski definition) is 1. The summed E-state index contributed by atoms with van der Waals surface area (Å²) in [5, 5.41) is 4.53. The van der Waals surface area contributed by atoms with Crippen LogP contribution in [0.2, 0.25) is 0 Å². The summed E-state index contributed by atoms with van der Waals surface area (Å²) in [6.07, 6.45) is 3.28. The van der Waals surface area contributed by atoms with Crippen LogP contribution in [0.15, 0.2) is 28.9 Å². The van der Waals surface area contributed by atoms with Gasteiger partial charge in [0.25, 0.3) is 0 Å². The van der Waals surface area contributed by atoms with Crippen LogP contribution in [0.5, 0.6) is 0 Å². The van der Waals surface area contributed by atoms with Crippen LogP contribution in [-0.2, 0) is 13.5 Å². The molecule has 1 N–H and O–H groups in total. The minimum Gasteiger partial charge on any atom is -0.350 e. The van der Waals surface area contributed by atoms with Crippen molar-refractivity contribution >= 4 is 26.8 Å². The van der Waals surface area contributed by atoms with Crippen LogP contribution in [0.1, 0.15) is 5.56 Å². The lowest BCUT2D eigenvalue weighted by Gasteiger charge is -2.00. The Balaban J connectivity index is 2.54. The molecule has 0 atom stereocenters. The van der Waals surface area contributed by atoms with Crippen LogP contribution in [0, 0.1) is 0 Å². The van der Waals surface area contributed by atoms with E-state index < -0.39 is 0 Å². The van der Waals surface area contributed by atoms with E-state index in [0.29, 0.717) is 0 Å². The van der Waals surface area contributed by atoms with E-state index in [1.165, 1.54) is 20.9 Å². The van der Waals surface area contributed by atoms with Crippen molar-refractivity contribution in [3.05, 3.63) is 34.4 Å². The minimum absolute atomic E-state index is 1.01. The van der Waals surface area contributed by atoms with Crippen molar-refractivity contribution in [3.63, 3.8) is 0 Å². The third-order valence-corrected chi connectivity index (χ3v) is 3.35. The lowest BCUT2D eigenvalue weighted by molar-refractivity contribution is 0.791. The van der Waals surface area contributed by atoms with Crippen molar-refractivity contribution in [1.82, 2.24) is 9.88 Å². The van der Waals surface area contributed by atoms with E-state index in [4.69, 9.17) is 0 Å². The highest BCUT2D eigenvalue weighted by molar-refractivity contribution is 9.10. The molecule has 0 aliphatic heterocycles. The smallest absolute Gasteiger partial charge is 0.0491 e. The van der Waals surface area contributed by atoms with Crippen LogP contribution in [0.4, 0.5) is 0 Å². The lowest BCUT2D eigenvalue weighted by Crippen LogP contribution is -2.09. The second-order valence-corrected chi connectivity index (χ2v) is 4.61. The molecular weight excluding hydrogens is 252 g/mol. The first-order valence-electron chi connectivity index (χ1n) is 5.11. The first-order chi connectivity index (χ1) is 7.24. The number of halogens is 1. The summed E-state index contributed by atoms with van der Waals surface area (Å²) >= 11 is 3.62. The Bertz CT molecular complexity index is 474. The zero-order chi connectivity index (χ0) is 10.8. The van der Waals surface area contributed by atoms with Crippen LogP contribution < -0.4 is 5.32 Å². The topological polar surface area (TPSA) is 17.0 Å². The van der Waals surface area contributed by atoms with Gasteiger partial charge in [-0.1, -0.05) is 22.0 Å². The molecule has 2 nitrogen and oxygen atoms in total. The molecule has 0 saturated heterocycles. The van der Waals surface area contributed by atoms with Crippen LogP contribution in [-0.4, -0.2) is 18.2 Å². The fourth-order valence-corrected chi connectivity index (χ4v) is 2.55. The van der Waals surface area contributed by atoms with Gasteiger partial charge in [0.15, 0.2) is 0 Å². The van der Waals surface area contributed by atoms with E-state index in [2.05, 4.69) is 57.3 Å². The number of nitrogens with one attached hydrogen (secondary N) is 1. The number of likely N-dealkylation sites (N-methyl/N-ethyl adjacent to an activating group) is 1. The normalized spacial score (nSPS) is 11.1. The molecule has 0 saturated carbocycles. The molecular formula is C12H15BrN2. The summed E-state index contributed by atoms with van der Waals surface area (Å²) in [6, 6.07) is 6.34.